The van der Waals surface area contributed by atoms with Crippen molar-refractivity contribution in [1.29, 1.82) is 0 Å². The molecular formula is C13H16ClNO4. The number of amides is 1. The van der Waals surface area contributed by atoms with Crippen molar-refractivity contribution >= 4 is 23.2 Å². The first kappa shape index (κ1) is 14.0. The summed E-state index contributed by atoms with van der Waals surface area (Å²) in [5, 5.41) is 3.20. The molecule has 0 unspecified atom stereocenters. The summed E-state index contributed by atoms with van der Waals surface area (Å²) in [6.45, 7) is 0.624. The van der Waals surface area contributed by atoms with Gasteiger partial charge in [-0.3, -0.25) is 4.79 Å². The summed E-state index contributed by atoms with van der Waals surface area (Å²) in [4.78, 5) is 12.0. The highest BCUT2D eigenvalue weighted by Gasteiger charge is 2.24. The van der Waals surface area contributed by atoms with E-state index in [1.165, 1.54) is 14.2 Å². The number of methoxy groups -OCH3 is 2. The van der Waals surface area contributed by atoms with E-state index < -0.39 is 6.10 Å². The van der Waals surface area contributed by atoms with Crippen molar-refractivity contribution in [3.63, 3.8) is 0 Å². The molecule has 1 heterocycles. The van der Waals surface area contributed by atoms with Crippen LogP contribution >= 0.6 is 11.6 Å². The van der Waals surface area contributed by atoms with Crippen LogP contribution in [0.3, 0.4) is 0 Å². The Bertz CT molecular complexity index is 472. The number of carbonyl (C=O) groups is 1. The summed E-state index contributed by atoms with van der Waals surface area (Å²) in [6, 6.07) is 3.24. The van der Waals surface area contributed by atoms with Crippen LogP contribution in [0.5, 0.6) is 11.5 Å². The molecule has 104 valence electrons. The topological polar surface area (TPSA) is 56.8 Å². The molecule has 0 aromatic heterocycles. The molecule has 1 atom stereocenters. The van der Waals surface area contributed by atoms with E-state index in [0.717, 1.165) is 12.8 Å². The van der Waals surface area contributed by atoms with Gasteiger partial charge < -0.3 is 19.5 Å². The number of halogens is 1. The Morgan fingerprint density at radius 3 is 2.68 bits per heavy atom. The molecule has 1 N–H and O–H groups in total. The first-order valence-corrected chi connectivity index (χ1v) is 6.37. The Morgan fingerprint density at radius 1 is 1.37 bits per heavy atom. The summed E-state index contributed by atoms with van der Waals surface area (Å²) < 4.78 is 15.6. The minimum absolute atomic E-state index is 0.180. The Hall–Kier alpha value is -1.46. The summed E-state index contributed by atoms with van der Waals surface area (Å²) in [7, 11) is 3.03. The number of hydrogen-bond donors (Lipinski definition) is 1. The van der Waals surface area contributed by atoms with Crippen LogP contribution in [-0.4, -0.2) is 32.8 Å². The maximum atomic E-state index is 12.0. The highest BCUT2D eigenvalue weighted by molar-refractivity contribution is 6.32. The molecule has 1 aromatic carbocycles. The molecule has 0 bridgehead atoms. The van der Waals surface area contributed by atoms with Crippen LogP contribution in [0.2, 0.25) is 5.02 Å². The number of carbonyl (C=O) groups excluding carboxylic acids is 1. The molecule has 0 aliphatic carbocycles. The molecule has 1 amide bonds. The van der Waals surface area contributed by atoms with E-state index in [1.54, 1.807) is 12.1 Å². The molecular weight excluding hydrogens is 270 g/mol. The minimum atomic E-state index is -0.397. The molecule has 0 saturated carbocycles. The van der Waals surface area contributed by atoms with Crippen molar-refractivity contribution in [2.24, 2.45) is 0 Å². The van der Waals surface area contributed by atoms with Gasteiger partial charge in [0, 0.05) is 18.7 Å². The van der Waals surface area contributed by atoms with E-state index in [-0.39, 0.29) is 5.91 Å². The van der Waals surface area contributed by atoms with E-state index in [4.69, 9.17) is 25.8 Å². The number of anilines is 1. The van der Waals surface area contributed by atoms with Gasteiger partial charge in [0.2, 0.25) is 0 Å². The highest BCUT2D eigenvalue weighted by Crippen LogP contribution is 2.36. The van der Waals surface area contributed by atoms with Crippen LogP contribution in [-0.2, 0) is 9.53 Å². The molecule has 0 radical (unpaired) electrons. The van der Waals surface area contributed by atoms with Crippen molar-refractivity contribution in [3.8, 4) is 11.5 Å². The molecule has 0 spiro atoms. The molecule has 6 heteroatoms. The third kappa shape index (κ3) is 3.11. The number of hydrogen-bond acceptors (Lipinski definition) is 4. The van der Waals surface area contributed by atoms with Crippen LogP contribution in [0.25, 0.3) is 0 Å². The SMILES string of the molecule is COc1cc(NC(=O)[C@@H]2CCCO2)c(OC)cc1Cl. The quantitative estimate of drug-likeness (QED) is 0.923. The van der Waals surface area contributed by atoms with Crippen molar-refractivity contribution < 1.29 is 19.0 Å². The molecule has 1 aromatic rings. The number of nitrogens with one attached hydrogen (secondary N) is 1. The van der Waals surface area contributed by atoms with Gasteiger partial charge in [-0.2, -0.15) is 0 Å². The lowest BCUT2D eigenvalue weighted by atomic mass is 10.2. The average molecular weight is 286 g/mol. The fraction of sp³-hybridized carbons (Fsp3) is 0.462. The lowest BCUT2D eigenvalue weighted by molar-refractivity contribution is -0.124. The Morgan fingerprint density at radius 2 is 2.11 bits per heavy atom. The summed E-state index contributed by atoms with van der Waals surface area (Å²) >= 11 is 6.00. The fourth-order valence-electron chi connectivity index (χ4n) is 1.96. The van der Waals surface area contributed by atoms with Gasteiger partial charge in [-0.15, -0.1) is 0 Å². The van der Waals surface area contributed by atoms with Crippen molar-refractivity contribution in [2.45, 2.75) is 18.9 Å². The third-order valence-electron chi connectivity index (χ3n) is 2.95. The van der Waals surface area contributed by atoms with Crippen molar-refractivity contribution in [2.75, 3.05) is 26.1 Å². The number of rotatable bonds is 4. The minimum Gasteiger partial charge on any atom is -0.495 e. The second kappa shape index (κ2) is 6.12. The van der Waals surface area contributed by atoms with Gasteiger partial charge in [0.05, 0.1) is 24.9 Å². The fourth-order valence-corrected chi connectivity index (χ4v) is 2.19. The van der Waals surface area contributed by atoms with E-state index in [0.29, 0.717) is 28.8 Å². The van der Waals surface area contributed by atoms with Gasteiger partial charge in [-0.25, -0.2) is 0 Å². The van der Waals surface area contributed by atoms with Crippen molar-refractivity contribution in [3.05, 3.63) is 17.2 Å². The summed E-state index contributed by atoms with van der Waals surface area (Å²) in [6.07, 6.45) is 1.24. The Labute approximate surface area is 116 Å². The van der Waals surface area contributed by atoms with Gasteiger partial charge in [0.25, 0.3) is 5.91 Å². The van der Waals surface area contributed by atoms with Crippen LogP contribution in [0.4, 0.5) is 5.69 Å². The molecule has 5 nitrogen and oxygen atoms in total. The largest absolute Gasteiger partial charge is 0.495 e. The smallest absolute Gasteiger partial charge is 0.253 e. The predicted octanol–water partition coefficient (Wildman–Crippen LogP) is 2.47. The monoisotopic (exact) mass is 285 g/mol. The first-order chi connectivity index (χ1) is 9.15. The van der Waals surface area contributed by atoms with Gasteiger partial charge in [0.15, 0.2) is 0 Å². The zero-order chi connectivity index (χ0) is 13.8. The van der Waals surface area contributed by atoms with E-state index >= 15 is 0 Å². The maximum absolute atomic E-state index is 12.0. The molecule has 19 heavy (non-hydrogen) atoms. The van der Waals surface area contributed by atoms with Crippen LogP contribution in [0, 0.1) is 0 Å². The third-order valence-corrected chi connectivity index (χ3v) is 3.25. The van der Waals surface area contributed by atoms with E-state index in [9.17, 15) is 4.79 Å². The standard InChI is InChI=1S/C13H16ClNO4/c1-17-11-7-9(12(18-2)6-8(11)14)15-13(16)10-4-3-5-19-10/h6-7,10H,3-5H2,1-2H3,(H,15,16)/t10-/m0/s1. The summed E-state index contributed by atoms with van der Waals surface area (Å²) in [5.74, 6) is 0.780. The van der Waals surface area contributed by atoms with E-state index in [1.807, 2.05) is 0 Å². The van der Waals surface area contributed by atoms with Gasteiger partial charge in [-0.1, -0.05) is 11.6 Å². The molecule has 1 fully saturated rings. The van der Waals surface area contributed by atoms with Gasteiger partial charge >= 0.3 is 0 Å². The normalized spacial score (nSPS) is 18.2. The van der Waals surface area contributed by atoms with Crippen LogP contribution < -0.4 is 14.8 Å². The zero-order valence-corrected chi connectivity index (χ0v) is 11.6. The van der Waals surface area contributed by atoms with Gasteiger partial charge in [-0.05, 0) is 12.8 Å². The van der Waals surface area contributed by atoms with Gasteiger partial charge in [0.1, 0.15) is 17.6 Å². The maximum Gasteiger partial charge on any atom is 0.253 e. The molecule has 1 aliphatic heterocycles. The molecule has 1 aliphatic rings. The summed E-state index contributed by atoms with van der Waals surface area (Å²) in [5.41, 5.74) is 0.518. The van der Waals surface area contributed by atoms with Crippen molar-refractivity contribution in [1.82, 2.24) is 0 Å². The lowest BCUT2D eigenvalue weighted by Crippen LogP contribution is -2.27. The average Bonchev–Trinajstić information content (AvgIpc) is 2.94. The van der Waals surface area contributed by atoms with Crippen LogP contribution in [0.15, 0.2) is 12.1 Å². The zero-order valence-electron chi connectivity index (χ0n) is 10.9. The number of ether oxygens (including phenoxy) is 3. The number of benzene rings is 1. The van der Waals surface area contributed by atoms with E-state index in [2.05, 4.69) is 5.32 Å². The van der Waals surface area contributed by atoms with Crippen LogP contribution in [0.1, 0.15) is 12.8 Å². The molecule has 2 rings (SSSR count). The predicted molar refractivity (Wildman–Crippen MR) is 72.2 cm³/mol. The second-order valence-corrected chi connectivity index (χ2v) is 4.59. The Balaban J connectivity index is 2.20. The molecule has 1 saturated heterocycles. The lowest BCUT2D eigenvalue weighted by Gasteiger charge is -2.15. The second-order valence-electron chi connectivity index (χ2n) is 4.18. The Kier molecular flexibility index (Phi) is 4.50. The first-order valence-electron chi connectivity index (χ1n) is 5.99. The highest BCUT2D eigenvalue weighted by atomic mass is 35.5.